The van der Waals surface area contributed by atoms with Gasteiger partial charge in [-0.1, -0.05) is 39.3 Å². The summed E-state index contributed by atoms with van der Waals surface area (Å²) in [5, 5.41) is 0. The SMILES string of the molecule is C=C1CC(C(=O)OCCCC)C1(C)C. The lowest BCUT2D eigenvalue weighted by atomic mass is 9.59. The van der Waals surface area contributed by atoms with Gasteiger partial charge in [0.15, 0.2) is 0 Å². The van der Waals surface area contributed by atoms with Crippen LogP contribution in [0.5, 0.6) is 0 Å². The van der Waals surface area contributed by atoms with Crippen LogP contribution in [-0.4, -0.2) is 12.6 Å². The first-order valence-corrected chi connectivity index (χ1v) is 5.35. The molecule has 0 N–H and O–H groups in total. The minimum absolute atomic E-state index is 0.0341. The third kappa shape index (κ3) is 1.99. The van der Waals surface area contributed by atoms with Crippen molar-refractivity contribution >= 4 is 5.97 Å². The highest BCUT2D eigenvalue weighted by Gasteiger charge is 2.47. The van der Waals surface area contributed by atoms with Gasteiger partial charge in [0, 0.05) is 0 Å². The summed E-state index contributed by atoms with van der Waals surface area (Å²) in [4.78, 5) is 11.6. The Bertz CT molecular complexity index is 241. The van der Waals surface area contributed by atoms with Gasteiger partial charge in [-0.25, -0.2) is 0 Å². The summed E-state index contributed by atoms with van der Waals surface area (Å²) in [6.45, 7) is 10.7. The summed E-state index contributed by atoms with van der Waals surface area (Å²) in [5.74, 6) is -0.0114. The molecule has 14 heavy (non-hydrogen) atoms. The topological polar surface area (TPSA) is 26.3 Å². The van der Waals surface area contributed by atoms with Crippen molar-refractivity contribution in [3.8, 4) is 0 Å². The predicted molar refractivity (Wildman–Crippen MR) is 56.9 cm³/mol. The molecule has 0 bridgehead atoms. The first kappa shape index (κ1) is 11.3. The predicted octanol–water partition coefficient (Wildman–Crippen LogP) is 2.93. The molecule has 0 radical (unpaired) electrons. The van der Waals surface area contributed by atoms with E-state index in [0.29, 0.717) is 6.61 Å². The first-order valence-electron chi connectivity index (χ1n) is 5.35. The van der Waals surface area contributed by atoms with E-state index in [1.165, 1.54) is 0 Å². The molecule has 1 aliphatic rings. The molecule has 0 aliphatic heterocycles. The number of unbranched alkanes of at least 4 members (excludes halogenated alkanes) is 1. The number of hydrogen-bond acceptors (Lipinski definition) is 2. The highest BCUT2D eigenvalue weighted by Crippen LogP contribution is 2.50. The lowest BCUT2D eigenvalue weighted by Crippen LogP contribution is -2.43. The molecule has 0 amide bonds. The van der Waals surface area contributed by atoms with Gasteiger partial charge in [-0.05, 0) is 18.3 Å². The average molecular weight is 196 g/mol. The van der Waals surface area contributed by atoms with Gasteiger partial charge in [0.05, 0.1) is 12.5 Å². The molecule has 1 aliphatic carbocycles. The van der Waals surface area contributed by atoms with E-state index in [9.17, 15) is 4.79 Å². The standard InChI is InChI=1S/C12H20O2/c1-5-6-7-14-11(13)10-8-9(2)12(10,3)4/h10H,2,5-8H2,1,3-4H3. The van der Waals surface area contributed by atoms with E-state index < -0.39 is 0 Å². The average Bonchev–Trinajstić information content (AvgIpc) is 2.14. The summed E-state index contributed by atoms with van der Waals surface area (Å²) in [6, 6.07) is 0. The number of esters is 1. The van der Waals surface area contributed by atoms with E-state index in [1.54, 1.807) is 0 Å². The molecule has 0 aromatic rings. The zero-order chi connectivity index (χ0) is 10.8. The van der Waals surface area contributed by atoms with Crippen molar-refractivity contribution in [2.24, 2.45) is 11.3 Å². The molecule has 1 atom stereocenters. The van der Waals surface area contributed by atoms with Crippen LogP contribution in [0.25, 0.3) is 0 Å². The molecule has 0 spiro atoms. The monoisotopic (exact) mass is 196 g/mol. The minimum atomic E-state index is -0.0523. The summed E-state index contributed by atoms with van der Waals surface area (Å²) in [6.07, 6.45) is 2.83. The van der Waals surface area contributed by atoms with Crippen LogP contribution >= 0.6 is 0 Å². The maximum Gasteiger partial charge on any atom is 0.310 e. The summed E-state index contributed by atoms with van der Waals surface area (Å²) >= 11 is 0. The third-order valence-electron chi connectivity index (χ3n) is 3.26. The molecule has 0 saturated heterocycles. The summed E-state index contributed by atoms with van der Waals surface area (Å²) in [7, 11) is 0. The molecule has 2 nitrogen and oxygen atoms in total. The van der Waals surface area contributed by atoms with E-state index in [0.717, 1.165) is 24.8 Å². The van der Waals surface area contributed by atoms with E-state index in [-0.39, 0.29) is 17.3 Å². The van der Waals surface area contributed by atoms with E-state index in [1.807, 2.05) is 0 Å². The maximum atomic E-state index is 11.6. The maximum absolute atomic E-state index is 11.6. The first-order chi connectivity index (χ1) is 6.50. The zero-order valence-corrected chi connectivity index (χ0v) is 9.43. The van der Waals surface area contributed by atoms with Crippen molar-refractivity contribution in [1.29, 1.82) is 0 Å². The number of rotatable bonds is 4. The van der Waals surface area contributed by atoms with Crippen molar-refractivity contribution in [1.82, 2.24) is 0 Å². The molecule has 1 unspecified atom stereocenters. The van der Waals surface area contributed by atoms with Gasteiger partial charge in [0.2, 0.25) is 0 Å². The third-order valence-corrected chi connectivity index (χ3v) is 3.26. The van der Waals surface area contributed by atoms with Crippen molar-refractivity contribution in [2.75, 3.05) is 6.61 Å². The number of carbonyl (C=O) groups is 1. The van der Waals surface area contributed by atoms with Crippen LogP contribution in [0.1, 0.15) is 40.0 Å². The number of carbonyl (C=O) groups excluding carboxylic acids is 1. The van der Waals surface area contributed by atoms with Crippen molar-refractivity contribution in [3.05, 3.63) is 12.2 Å². The number of ether oxygens (including phenoxy) is 1. The largest absolute Gasteiger partial charge is 0.465 e. The van der Waals surface area contributed by atoms with Gasteiger partial charge in [-0.15, -0.1) is 0 Å². The van der Waals surface area contributed by atoms with Gasteiger partial charge in [0.1, 0.15) is 0 Å². The van der Waals surface area contributed by atoms with Crippen LogP contribution in [-0.2, 0) is 9.53 Å². The van der Waals surface area contributed by atoms with E-state index >= 15 is 0 Å². The molecule has 1 rings (SSSR count). The molecule has 2 heteroatoms. The molecule has 0 heterocycles. The van der Waals surface area contributed by atoms with Gasteiger partial charge in [-0.2, -0.15) is 0 Å². The van der Waals surface area contributed by atoms with Gasteiger partial charge < -0.3 is 4.74 Å². The molecule has 0 aromatic heterocycles. The van der Waals surface area contributed by atoms with Crippen LogP contribution in [0.2, 0.25) is 0 Å². The Morgan fingerprint density at radius 2 is 2.29 bits per heavy atom. The fourth-order valence-corrected chi connectivity index (χ4v) is 1.68. The minimum Gasteiger partial charge on any atom is -0.465 e. The Morgan fingerprint density at radius 3 is 2.71 bits per heavy atom. The zero-order valence-electron chi connectivity index (χ0n) is 9.43. The van der Waals surface area contributed by atoms with Crippen molar-refractivity contribution < 1.29 is 9.53 Å². The quantitative estimate of drug-likeness (QED) is 0.392. The summed E-state index contributed by atoms with van der Waals surface area (Å²) in [5.41, 5.74) is 1.11. The highest BCUT2D eigenvalue weighted by atomic mass is 16.5. The Labute approximate surface area is 86.3 Å². The van der Waals surface area contributed by atoms with Crippen LogP contribution in [0.15, 0.2) is 12.2 Å². The molecule has 1 fully saturated rings. The molecule has 80 valence electrons. The fraction of sp³-hybridized carbons (Fsp3) is 0.750. The lowest BCUT2D eigenvalue weighted by Gasteiger charge is -2.45. The Hall–Kier alpha value is -0.790. The Balaban J connectivity index is 2.36. The molecule has 1 saturated carbocycles. The normalized spacial score (nSPS) is 24.2. The molecule has 0 aromatic carbocycles. The van der Waals surface area contributed by atoms with Gasteiger partial charge in [-0.3, -0.25) is 4.79 Å². The highest BCUT2D eigenvalue weighted by molar-refractivity contribution is 5.76. The second-order valence-corrected chi connectivity index (χ2v) is 4.60. The van der Waals surface area contributed by atoms with Crippen LogP contribution in [0, 0.1) is 11.3 Å². The smallest absolute Gasteiger partial charge is 0.310 e. The molecular weight excluding hydrogens is 176 g/mol. The second-order valence-electron chi connectivity index (χ2n) is 4.60. The van der Waals surface area contributed by atoms with Crippen molar-refractivity contribution in [2.45, 2.75) is 40.0 Å². The van der Waals surface area contributed by atoms with Gasteiger partial charge >= 0.3 is 5.97 Å². The lowest BCUT2D eigenvalue weighted by molar-refractivity contribution is -0.155. The van der Waals surface area contributed by atoms with Crippen LogP contribution < -0.4 is 0 Å². The van der Waals surface area contributed by atoms with E-state index in [2.05, 4.69) is 27.4 Å². The van der Waals surface area contributed by atoms with E-state index in [4.69, 9.17) is 4.74 Å². The van der Waals surface area contributed by atoms with Crippen molar-refractivity contribution in [3.63, 3.8) is 0 Å². The van der Waals surface area contributed by atoms with Crippen LogP contribution in [0.3, 0.4) is 0 Å². The summed E-state index contributed by atoms with van der Waals surface area (Å²) < 4.78 is 5.19. The van der Waals surface area contributed by atoms with Crippen LogP contribution in [0.4, 0.5) is 0 Å². The Kier molecular flexibility index (Phi) is 3.35. The second kappa shape index (κ2) is 4.16. The molecular formula is C12H20O2. The Morgan fingerprint density at radius 1 is 1.64 bits per heavy atom. The number of allylic oxidation sites excluding steroid dienone is 1. The fourth-order valence-electron chi connectivity index (χ4n) is 1.68. The number of hydrogen-bond donors (Lipinski definition) is 0. The van der Waals surface area contributed by atoms with Gasteiger partial charge in [0.25, 0.3) is 0 Å².